The molecular formula is C18H17FN2O4. The Morgan fingerprint density at radius 2 is 1.52 bits per heavy atom. The summed E-state index contributed by atoms with van der Waals surface area (Å²) in [5, 5.41) is 11.1. The van der Waals surface area contributed by atoms with E-state index in [1.54, 1.807) is 36.4 Å². The predicted molar refractivity (Wildman–Crippen MR) is 89.2 cm³/mol. The van der Waals surface area contributed by atoms with E-state index in [4.69, 9.17) is 10.8 Å². The molecule has 2 aromatic rings. The summed E-state index contributed by atoms with van der Waals surface area (Å²) in [4.78, 5) is 34.1. The van der Waals surface area contributed by atoms with E-state index in [-0.39, 0.29) is 18.7 Å². The van der Waals surface area contributed by atoms with E-state index in [1.165, 1.54) is 12.1 Å². The second-order valence-corrected chi connectivity index (χ2v) is 5.45. The molecule has 6 nitrogen and oxygen atoms in total. The van der Waals surface area contributed by atoms with Gasteiger partial charge in [-0.2, -0.15) is 0 Å². The van der Waals surface area contributed by atoms with Gasteiger partial charge in [0.2, 0.25) is 5.91 Å². The van der Waals surface area contributed by atoms with Gasteiger partial charge >= 0.3 is 5.97 Å². The predicted octanol–water partition coefficient (Wildman–Crippen LogP) is 1.94. The lowest BCUT2D eigenvalue weighted by atomic mass is 10.0. The number of rotatable bonds is 7. The minimum atomic E-state index is -1.08. The zero-order valence-electron chi connectivity index (χ0n) is 13.2. The van der Waals surface area contributed by atoms with Crippen molar-refractivity contribution < 1.29 is 23.9 Å². The zero-order chi connectivity index (χ0) is 18.4. The number of nitrogens with two attached hydrogens (primary N) is 1. The molecule has 0 spiro atoms. The fraction of sp³-hybridized carbons (Fsp3) is 0.167. The fourth-order valence-corrected chi connectivity index (χ4v) is 2.25. The second-order valence-electron chi connectivity index (χ2n) is 5.45. The third kappa shape index (κ3) is 5.13. The van der Waals surface area contributed by atoms with Crippen LogP contribution in [0, 0.1) is 5.82 Å². The molecule has 25 heavy (non-hydrogen) atoms. The Labute approximate surface area is 143 Å². The molecule has 2 aromatic carbocycles. The molecule has 4 N–H and O–H groups in total. The number of carboxylic acids is 1. The Kier molecular flexibility index (Phi) is 5.84. The van der Waals surface area contributed by atoms with Crippen LogP contribution in [-0.2, 0) is 9.59 Å². The summed E-state index contributed by atoms with van der Waals surface area (Å²) >= 11 is 0. The zero-order valence-corrected chi connectivity index (χ0v) is 13.2. The van der Waals surface area contributed by atoms with Gasteiger partial charge in [0.1, 0.15) is 11.9 Å². The Bertz CT molecular complexity index is 773. The van der Waals surface area contributed by atoms with E-state index >= 15 is 0 Å². The van der Waals surface area contributed by atoms with Gasteiger partial charge in [0, 0.05) is 12.0 Å². The Morgan fingerprint density at radius 3 is 2.00 bits per heavy atom. The van der Waals surface area contributed by atoms with Gasteiger partial charge in [0.05, 0.1) is 0 Å². The van der Waals surface area contributed by atoms with Gasteiger partial charge in [-0.1, -0.05) is 24.3 Å². The summed E-state index contributed by atoms with van der Waals surface area (Å²) in [5.74, 6) is -2.74. The molecule has 0 heterocycles. The van der Waals surface area contributed by atoms with Crippen molar-refractivity contribution in [3.8, 4) is 11.1 Å². The number of carboxylic acid groups (broad SMARTS) is 1. The molecule has 2 amide bonds. The number of carbonyl (C=O) groups excluding carboxylic acids is 2. The maximum absolute atomic E-state index is 12.9. The quantitative estimate of drug-likeness (QED) is 0.713. The van der Waals surface area contributed by atoms with Gasteiger partial charge in [0.25, 0.3) is 5.91 Å². The van der Waals surface area contributed by atoms with E-state index in [1.807, 2.05) is 0 Å². The standard InChI is InChI=1S/C18H17FN2O4/c19-14-7-5-12(6-8-14)11-1-3-13(4-2-11)18(25)21-15(17(20)24)9-10-16(22)23/h1-8,15H,9-10H2,(H2,20,24)(H,21,25)(H,22,23)/t15-/m0/s1. The largest absolute Gasteiger partial charge is 0.481 e. The molecule has 0 fully saturated rings. The third-order valence-corrected chi connectivity index (χ3v) is 3.62. The Morgan fingerprint density at radius 1 is 1.00 bits per heavy atom. The number of hydrogen-bond donors (Lipinski definition) is 3. The summed E-state index contributed by atoms with van der Waals surface area (Å²) in [6, 6.07) is 11.4. The summed E-state index contributed by atoms with van der Waals surface area (Å²) < 4.78 is 12.9. The summed E-state index contributed by atoms with van der Waals surface area (Å²) in [5.41, 5.74) is 7.08. The molecule has 130 valence electrons. The highest BCUT2D eigenvalue weighted by Crippen LogP contribution is 2.20. The van der Waals surface area contributed by atoms with Gasteiger partial charge in [0.15, 0.2) is 0 Å². The average Bonchev–Trinajstić information content (AvgIpc) is 2.58. The van der Waals surface area contributed by atoms with Crippen LogP contribution in [0.15, 0.2) is 48.5 Å². The van der Waals surface area contributed by atoms with Crippen LogP contribution in [0.3, 0.4) is 0 Å². The first-order valence-corrected chi connectivity index (χ1v) is 7.55. The molecular weight excluding hydrogens is 327 g/mol. The SMILES string of the molecule is NC(=O)[C@H](CCC(=O)O)NC(=O)c1ccc(-c2ccc(F)cc2)cc1. The van der Waals surface area contributed by atoms with Crippen molar-refractivity contribution in [3.05, 3.63) is 59.9 Å². The van der Waals surface area contributed by atoms with Gasteiger partial charge in [-0.15, -0.1) is 0 Å². The number of carbonyl (C=O) groups is 3. The van der Waals surface area contributed by atoms with Gasteiger partial charge in [-0.05, 0) is 41.8 Å². The third-order valence-electron chi connectivity index (χ3n) is 3.62. The lowest BCUT2D eigenvalue weighted by molar-refractivity contribution is -0.137. The molecule has 7 heteroatoms. The summed E-state index contributed by atoms with van der Waals surface area (Å²) in [6.45, 7) is 0. The minimum absolute atomic E-state index is 0.0793. The summed E-state index contributed by atoms with van der Waals surface area (Å²) in [6.07, 6.45) is -0.360. The topological polar surface area (TPSA) is 109 Å². The fourth-order valence-electron chi connectivity index (χ4n) is 2.25. The molecule has 0 unspecified atom stereocenters. The molecule has 0 aliphatic carbocycles. The van der Waals surface area contributed by atoms with E-state index < -0.39 is 23.8 Å². The lowest BCUT2D eigenvalue weighted by Gasteiger charge is -2.14. The number of benzene rings is 2. The maximum Gasteiger partial charge on any atom is 0.303 e. The molecule has 0 aliphatic heterocycles. The van der Waals surface area contributed by atoms with Crippen molar-refractivity contribution in [1.29, 1.82) is 0 Å². The molecule has 1 atom stereocenters. The molecule has 0 saturated carbocycles. The van der Waals surface area contributed by atoms with Crippen molar-refractivity contribution in [2.75, 3.05) is 0 Å². The van der Waals surface area contributed by atoms with Gasteiger partial charge in [-0.3, -0.25) is 14.4 Å². The highest BCUT2D eigenvalue weighted by molar-refractivity contribution is 5.97. The van der Waals surface area contributed by atoms with Crippen molar-refractivity contribution in [2.24, 2.45) is 5.73 Å². The Hall–Kier alpha value is -3.22. The lowest BCUT2D eigenvalue weighted by Crippen LogP contribution is -2.44. The van der Waals surface area contributed by atoms with Gasteiger partial charge in [-0.25, -0.2) is 4.39 Å². The van der Waals surface area contributed by atoms with Crippen molar-refractivity contribution in [2.45, 2.75) is 18.9 Å². The van der Waals surface area contributed by atoms with E-state index in [9.17, 15) is 18.8 Å². The molecule has 0 aliphatic rings. The van der Waals surface area contributed by atoms with Crippen LogP contribution in [0.2, 0.25) is 0 Å². The molecule has 0 radical (unpaired) electrons. The van der Waals surface area contributed by atoms with Crippen LogP contribution in [0.25, 0.3) is 11.1 Å². The van der Waals surface area contributed by atoms with Gasteiger partial charge < -0.3 is 16.2 Å². The second kappa shape index (κ2) is 8.05. The first-order chi connectivity index (χ1) is 11.9. The normalized spacial score (nSPS) is 11.6. The number of halogens is 1. The number of amides is 2. The van der Waals surface area contributed by atoms with Crippen LogP contribution in [0.4, 0.5) is 4.39 Å². The van der Waals surface area contributed by atoms with Crippen molar-refractivity contribution >= 4 is 17.8 Å². The highest BCUT2D eigenvalue weighted by atomic mass is 19.1. The monoisotopic (exact) mass is 344 g/mol. The van der Waals surface area contributed by atoms with Crippen LogP contribution in [-0.4, -0.2) is 28.9 Å². The highest BCUT2D eigenvalue weighted by Gasteiger charge is 2.20. The van der Waals surface area contributed by atoms with Crippen molar-refractivity contribution in [1.82, 2.24) is 5.32 Å². The van der Waals surface area contributed by atoms with Crippen LogP contribution in [0.1, 0.15) is 23.2 Å². The average molecular weight is 344 g/mol. The van der Waals surface area contributed by atoms with E-state index in [0.717, 1.165) is 11.1 Å². The number of nitrogens with one attached hydrogen (secondary N) is 1. The molecule has 0 bridgehead atoms. The van der Waals surface area contributed by atoms with E-state index in [2.05, 4.69) is 5.32 Å². The molecule has 0 aromatic heterocycles. The minimum Gasteiger partial charge on any atom is -0.481 e. The Balaban J connectivity index is 2.07. The smallest absolute Gasteiger partial charge is 0.303 e. The van der Waals surface area contributed by atoms with Crippen LogP contribution >= 0.6 is 0 Å². The van der Waals surface area contributed by atoms with Crippen LogP contribution < -0.4 is 11.1 Å². The van der Waals surface area contributed by atoms with Crippen LogP contribution in [0.5, 0.6) is 0 Å². The van der Waals surface area contributed by atoms with Crippen molar-refractivity contribution in [3.63, 3.8) is 0 Å². The maximum atomic E-state index is 12.9. The molecule has 0 saturated heterocycles. The first-order valence-electron chi connectivity index (χ1n) is 7.55. The van der Waals surface area contributed by atoms with E-state index in [0.29, 0.717) is 5.56 Å². The number of aliphatic carboxylic acids is 1. The molecule has 2 rings (SSSR count). The number of primary amides is 1. The summed E-state index contributed by atoms with van der Waals surface area (Å²) in [7, 11) is 0. The number of hydrogen-bond acceptors (Lipinski definition) is 3. The first kappa shape index (κ1) is 18.1.